The van der Waals surface area contributed by atoms with Crippen LogP contribution in [0, 0.1) is 0 Å². The molecule has 0 bridgehead atoms. The van der Waals surface area contributed by atoms with Gasteiger partial charge in [0.05, 0.1) is 50.7 Å². The molecule has 0 spiro atoms. The van der Waals surface area contributed by atoms with Crippen LogP contribution in [0.25, 0.3) is 21.8 Å². The van der Waals surface area contributed by atoms with Crippen LogP contribution in [-0.4, -0.2) is 121 Å². The molecule has 2 saturated heterocycles. The average molecular weight is 879 g/mol. The first kappa shape index (κ1) is 45.1. The van der Waals surface area contributed by atoms with E-state index in [2.05, 4.69) is 44.7 Å². The fourth-order valence-electron chi connectivity index (χ4n) is 11.5. The Morgan fingerprint density at radius 1 is 0.531 bits per heavy atom. The molecular weight excluding hydrogens is 805 g/mol. The lowest BCUT2D eigenvalue weighted by atomic mass is 9.93. The number of aliphatic hydroxyl groups is 2. The van der Waals surface area contributed by atoms with Gasteiger partial charge in [-0.3, -0.25) is 0 Å². The van der Waals surface area contributed by atoms with Gasteiger partial charge in [0.15, 0.2) is 23.0 Å². The van der Waals surface area contributed by atoms with Crippen molar-refractivity contribution in [3.63, 3.8) is 0 Å². The van der Waals surface area contributed by atoms with Gasteiger partial charge < -0.3 is 49.6 Å². The Morgan fingerprint density at radius 2 is 0.953 bits per heavy atom. The zero-order valence-corrected chi connectivity index (χ0v) is 38.7. The number of hydrogen-bond donors (Lipinski definition) is 4. The first-order valence-electron chi connectivity index (χ1n) is 25.1. The third-order valence-electron chi connectivity index (χ3n) is 14.8. The Balaban J connectivity index is 0.000000162. The lowest BCUT2D eigenvalue weighted by molar-refractivity contribution is 0.124. The largest absolute Gasteiger partial charge is 0.493 e. The van der Waals surface area contributed by atoms with Crippen molar-refractivity contribution in [2.24, 2.45) is 0 Å². The summed E-state index contributed by atoms with van der Waals surface area (Å²) in [7, 11) is 3.44. The zero-order chi connectivity index (χ0) is 43.8. The number of nitrogens with one attached hydrogen (secondary N) is 2. The van der Waals surface area contributed by atoms with Gasteiger partial charge >= 0.3 is 0 Å². The molecule has 6 aliphatic rings. The standard InChI is InChI=1S/2C26H37N3O3/c2*1-31-24-16-22-20-9-5-10-21(20)26(27-18-7-4-8-19(30)15-18)28-23(22)17-25(24)32-14-6-13-29-11-2-3-12-29/h2*16-19,30H,2-15H2,1H3,(H,27,28)/t2*18-,19-/m10/s1. The predicted molar refractivity (Wildman–Crippen MR) is 256 cm³/mol. The summed E-state index contributed by atoms with van der Waals surface area (Å²) in [5.41, 5.74) is 7.43. The summed E-state index contributed by atoms with van der Waals surface area (Å²) in [5.74, 6) is 5.18. The first-order valence-corrected chi connectivity index (χ1v) is 25.1. The molecule has 4 N–H and O–H groups in total. The summed E-state index contributed by atoms with van der Waals surface area (Å²) >= 11 is 0. The summed E-state index contributed by atoms with van der Waals surface area (Å²) < 4.78 is 23.7. The summed E-state index contributed by atoms with van der Waals surface area (Å²) in [6.45, 7) is 8.48. The number of likely N-dealkylation sites (tertiary alicyclic amines) is 2. The molecule has 4 heterocycles. The number of aliphatic hydroxyl groups excluding tert-OH is 2. The second-order valence-corrected chi connectivity index (χ2v) is 19.4. The van der Waals surface area contributed by atoms with Crippen LogP contribution in [0.1, 0.15) is 125 Å². The monoisotopic (exact) mass is 879 g/mol. The van der Waals surface area contributed by atoms with Crippen LogP contribution in [0.15, 0.2) is 24.3 Å². The number of benzene rings is 2. The van der Waals surface area contributed by atoms with E-state index in [-0.39, 0.29) is 12.2 Å². The van der Waals surface area contributed by atoms with E-state index in [4.69, 9.17) is 28.9 Å². The number of aryl methyl sites for hydroxylation is 2. The van der Waals surface area contributed by atoms with Gasteiger partial charge in [0, 0.05) is 48.1 Å². The molecule has 4 atom stereocenters. The van der Waals surface area contributed by atoms with E-state index in [1.54, 1.807) is 14.2 Å². The highest BCUT2D eigenvalue weighted by Gasteiger charge is 2.28. The molecule has 12 heteroatoms. The molecule has 348 valence electrons. The Bertz CT molecular complexity index is 2040. The van der Waals surface area contributed by atoms with Gasteiger partial charge in [-0.05, 0) is 189 Å². The minimum absolute atomic E-state index is 0.195. The molecule has 4 aliphatic carbocycles. The summed E-state index contributed by atoms with van der Waals surface area (Å²) in [4.78, 5) is 15.2. The number of aromatic nitrogens is 2. The Hall–Kier alpha value is -4.10. The van der Waals surface area contributed by atoms with Crippen molar-refractivity contribution < 1.29 is 29.2 Å². The zero-order valence-electron chi connectivity index (χ0n) is 38.7. The lowest BCUT2D eigenvalue weighted by Gasteiger charge is -2.28. The Kier molecular flexibility index (Phi) is 15.1. The molecule has 0 unspecified atom stereocenters. The maximum absolute atomic E-state index is 10.1. The van der Waals surface area contributed by atoms with Gasteiger partial charge in [-0.2, -0.15) is 0 Å². The van der Waals surface area contributed by atoms with Crippen LogP contribution in [-0.2, 0) is 25.7 Å². The van der Waals surface area contributed by atoms with E-state index in [0.29, 0.717) is 25.3 Å². The van der Waals surface area contributed by atoms with Crippen LogP contribution in [0.2, 0.25) is 0 Å². The van der Waals surface area contributed by atoms with Gasteiger partial charge in [-0.25, -0.2) is 9.97 Å². The van der Waals surface area contributed by atoms with E-state index < -0.39 is 0 Å². The molecular formula is C52H74N6O6. The molecule has 0 amide bonds. The van der Waals surface area contributed by atoms with Gasteiger partial charge in [0.2, 0.25) is 0 Å². The highest BCUT2D eigenvalue weighted by molar-refractivity contribution is 5.90. The van der Waals surface area contributed by atoms with E-state index >= 15 is 0 Å². The SMILES string of the molecule is COc1cc2c3c(c(N[C@@H]4CCC[C@@H](O)C4)nc2cc1OCCCN1CCCC1)CCC3.COc1cc2c3c(c(N[C@H]4CCC[C@H](O)C4)nc2cc1OCCCN1CCCC1)CCC3. The molecule has 2 aromatic carbocycles. The molecule has 4 fully saturated rings. The molecule has 2 aromatic heterocycles. The number of fused-ring (bicyclic) bond motifs is 6. The molecule has 2 aliphatic heterocycles. The van der Waals surface area contributed by atoms with Crippen molar-refractivity contribution in [2.45, 2.75) is 153 Å². The van der Waals surface area contributed by atoms with Crippen LogP contribution in [0.4, 0.5) is 11.6 Å². The number of anilines is 2. The fourth-order valence-corrected chi connectivity index (χ4v) is 11.5. The van der Waals surface area contributed by atoms with Gasteiger partial charge in [-0.1, -0.05) is 0 Å². The van der Waals surface area contributed by atoms with Crippen molar-refractivity contribution in [1.82, 2.24) is 19.8 Å². The van der Waals surface area contributed by atoms with Gasteiger partial charge in [0.1, 0.15) is 11.6 Å². The quantitative estimate of drug-likeness (QED) is 0.0804. The Labute approximate surface area is 380 Å². The first-order chi connectivity index (χ1) is 31.4. The fraction of sp³-hybridized carbons (Fsp3) is 0.654. The number of nitrogens with zero attached hydrogens (tertiary/aromatic N) is 4. The Morgan fingerprint density at radius 3 is 1.36 bits per heavy atom. The van der Waals surface area contributed by atoms with E-state index in [1.807, 2.05) is 0 Å². The number of methoxy groups -OCH3 is 2. The molecule has 64 heavy (non-hydrogen) atoms. The summed E-state index contributed by atoms with van der Waals surface area (Å²) in [6, 6.07) is 8.96. The van der Waals surface area contributed by atoms with Gasteiger partial charge in [0.25, 0.3) is 0 Å². The molecule has 12 nitrogen and oxygen atoms in total. The minimum atomic E-state index is -0.195. The molecule has 0 radical (unpaired) electrons. The van der Waals surface area contributed by atoms with Crippen LogP contribution in [0.5, 0.6) is 23.0 Å². The topological polar surface area (TPSA) is 134 Å². The maximum Gasteiger partial charge on any atom is 0.163 e. The maximum atomic E-state index is 10.1. The van der Waals surface area contributed by atoms with Crippen LogP contribution in [0.3, 0.4) is 0 Å². The number of hydrogen-bond acceptors (Lipinski definition) is 12. The summed E-state index contributed by atoms with van der Waals surface area (Å²) in [6.07, 6.45) is 21.3. The second kappa shape index (κ2) is 21.5. The normalized spacial score (nSPS) is 23.4. The average Bonchev–Trinajstić information content (AvgIpc) is 4.16. The van der Waals surface area contributed by atoms with Gasteiger partial charge in [-0.15, -0.1) is 0 Å². The predicted octanol–water partition coefficient (Wildman–Crippen LogP) is 8.62. The highest BCUT2D eigenvalue weighted by atomic mass is 16.5. The molecule has 10 rings (SSSR count). The third-order valence-corrected chi connectivity index (χ3v) is 14.8. The smallest absolute Gasteiger partial charge is 0.163 e. The summed E-state index contributed by atoms with van der Waals surface area (Å²) in [5, 5.41) is 29.9. The van der Waals surface area contributed by atoms with E-state index in [1.165, 1.54) is 84.9 Å². The second-order valence-electron chi connectivity index (χ2n) is 19.4. The highest BCUT2D eigenvalue weighted by Crippen LogP contribution is 2.42. The van der Waals surface area contributed by atoms with E-state index in [0.717, 1.165) is 161 Å². The van der Waals surface area contributed by atoms with Crippen molar-refractivity contribution in [3.8, 4) is 23.0 Å². The molecule has 2 saturated carbocycles. The van der Waals surface area contributed by atoms with Crippen LogP contribution < -0.4 is 29.6 Å². The number of ether oxygens (including phenoxy) is 4. The lowest BCUT2D eigenvalue weighted by Crippen LogP contribution is -2.30. The van der Waals surface area contributed by atoms with Crippen molar-refractivity contribution in [2.75, 3.05) is 77.3 Å². The van der Waals surface area contributed by atoms with Crippen molar-refractivity contribution in [3.05, 3.63) is 46.5 Å². The van der Waals surface area contributed by atoms with Crippen molar-refractivity contribution in [1.29, 1.82) is 0 Å². The third kappa shape index (κ3) is 10.8. The van der Waals surface area contributed by atoms with Crippen molar-refractivity contribution >= 4 is 33.4 Å². The van der Waals surface area contributed by atoms with Crippen LogP contribution >= 0.6 is 0 Å². The number of rotatable bonds is 16. The minimum Gasteiger partial charge on any atom is -0.493 e. The van der Waals surface area contributed by atoms with E-state index in [9.17, 15) is 10.2 Å². The number of pyridine rings is 2. The molecule has 4 aromatic rings.